The molecule has 13 heavy (non-hydrogen) atoms. The van der Waals surface area contributed by atoms with Crippen LogP contribution in [-0.2, 0) is 27.7 Å². The van der Waals surface area contributed by atoms with Crippen LogP contribution in [0.2, 0.25) is 0 Å². The first kappa shape index (κ1) is 13.2. The topological polar surface area (TPSA) is 9.23 Å². The monoisotopic (exact) mass is 296 g/mol. The van der Waals surface area contributed by atoms with E-state index in [1.165, 1.54) is 16.3 Å². The van der Waals surface area contributed by atoms with Gasteiger partial charge >= 0.3 is 30.0 Å². The summed E-state index contributed by atoms with van der Waals surface area (Å²) in [5.41, 5.74) is 1.05. The zero-order valence-corrected chi connectivity index (χ0v) is 11.9. The Morgan fingerprint density at radius 3 is 2.54 bits per heavy atom. The summed E-state index contributed by atoms with van der Waals surface area (Å²) < 4.78 is 16.5. The fraction of sp³-hybridized carbons (Fsp3) is 0.333. The van der Waals surface area contributed by atoms with Crippen LogP contribution in [0.4, 0.5) is 4.39 Å². The van der Waals surface area contributed by atoms with Gasteiger partial charge in [-0.2, -0.15) is 30.3 Å². The van der Waals surface area contributed by atoms with Crippen LogP contribution in [0.25, 0.3) is 0 Å². The molecule has 0 aromatic heterocycles. The molecule has 0 N–H and O–H groups in total. The number of hydrogen-bond donors (Lipinski definition) is 0. The predicted octanol–water partition coefficient (Wildman–Crippen LogP) is 2.82. The number of ether oxygens (including phenoxy) is 1. The molecule has 0 aliphatic carbocycles. The van der Waals surface area contributed by atoms with E-state index in [0.29, 0.717) is 6.61 Å². The molecule has 1 nitrogen and oxygen atoms in total. The Bertz CT molecular complexity index is 196. The molecule has 0 atom stereocenters. The van der Waals surface area contributed by atoms with E-state index in [-0.39, 0.29) is 6.61 Å². The normalized spacial score (nSPS) is 8.92. The van der Waals surface area contributed by atoms with E-state index < -0.39 is 6.67 Å². The van der Waals surface area contributed by atoms with Crippen LogP contribution < -0.4 is 0 Å². The van der Waals surface area contributed by atoms with Crippen molar-refractivity contribution in [3.63, 3.8) is 0 Å². The van der Waals surface area contributed by atoms with E-state index in [2.05, 4.69) is 19.7 Å². The van der Waals surface area contributed by atoms with Gasteiger partial charge in [-0.15, -0.1) is 5.56 Å². The number of benzene rings is 1. The van der Waals surface area contributed by atoms with E-state index in [9.17, 15) is 4.39 Å². The van der Waals surface area contributed by atoms with Gasteiger partial charge < -0.3 is 4.74 Å². The summed E-state index contributed by atoms with van der Waals surface area (Å²) in [4.78, 5) is 0. The number of halogens is 2. The molecule has 0 heterocycles. The molecule has 4 heteroatoms. The van der Waals surface area contributed by atoms with E-state index >= 15 is 0 Å². The van der Waals surface area contributed by atoms with Crippen molar-refractivity contribution in [2.45, 2.75) is 6.61 Å². The Hall–Kier alpha value is 0.213. The van der Waals surface area contributed by atoms with Crippen molar-refractivity contribution in [3.8, 4) is 0 Å². The molecule has 0 saturated heterocycles. The Balaban J connectivity index is 0.000000671. The Morgan fingerprint density at radius 1 is 1.38 bits per heavy atom. The van der Waals surface area contributed by atoms with E-state index in [1.54, 1.807) is 0 Å². The second-order valence-electron chi connectivity index (χ2n) is 2.15. The molecular formula is C9H10BrFOZn. The van der Waals surface area contributed by atoms with Crippen molar-refractivity contribution in [2.24, 2.45) is 0 Å². The van der Waals surface area contributed by atoms with Gasteiger partial charge in [0.1, 0.15) is 6.67 Å². The van der Waals surface area contributed by atoms with Gasteiger partial charge in [0.15, 0.2) is 0 Å². The molecule has 1 aromatic rings. The SMILES string of the molecule is FCCOCc1cc[c-]cc1.[Zn+][Br]. The van der Waals surface area contributed by atoms with Crippen LogP contribution in [0.15, 0.2) is 24.3 Å². The number of alkyl halides is 1. The quantitative estimate of drug-likeness (QED) is 0.472. The van der Waals surface area contributed by atoms with Gasteiger partial charge in [-0.25, -0.2) is 4.39 Å². The summed E-state index contributed by atoms with van der Waals surface area (Å²) in [5, 5.41) is 0. The van der Waals surface area contributed by atoms with Gasteiger partial charge in [0, 0.05) is 6.61 Å². The molecule has 0 radical (unpaired) electrons. The molecule has 68 valence electrons. The first-order valence-corrected chi connectivity index (χ1v) is 10.7. The van der Waals surface area contributed by atoms with E-state index in [1.807, 2.05) is 24.3 Å². The van der Waals surface area contributed by atoms with Gasteiger partial charge in [-0.1, -0.05) is 0 Å². The zero-order chi connectivity index (χ0) is 9.94. The van der Waals surface area contributed by atoms with Crippen molar-refractivity contribution in [3.05, 3.63) is 35.9 Å². The summed E-state index contributed by atoms with van der Waals surface area (Å²) in [5.74, 6) is 0. The molecular weight excluding hydrogens is 288 g/mol. The van der Waals surface area contributed by atoms with Crippen LogP contribution >= 0.6 is 13.6 Å². The van der Waals surface area contributed by atoms with Crippen molar-refractivity contribution in [1.29, 1.82) is 0 Å². The fourth-order valence-electron chi connectivity index (χ4n) is 0.762. The molecule has 0 amide bonds. The molecule has 1 aromatic carbocycles. The van der Waals surface area contributed by atoms with Gasteiger partial charge in [-0.05, 0) is 0 Å². The maximum absolute atomic E-state index is 11.6. The third-order valence-corrected chi connectivity index (χ3v) is 1.28. The second-order valence-corrected chi connectivity index (χ2v) is 2.15. The standard InChI is InChI=1S/C9H10FO.BrH.Zn/c10-6-7-11-8-9-4-2-1-3-5-9;;/h2-5H,6-8H2;1H;/q-1;;+2/p-1. The van der Waals surface area contributed by atoms with E-state index in [4.69, 9.17) is 4.74 Å². The summed E-state index contributed by atoms with van der Waals surface area (Å²) in [6, 6.07) is 10.3. The average molecular weight is 298 g/mol. The summed E-state index contributed by atoms with van der Waals surface area (Å²) >= 11 is 4.25. The molecule has 0 spiro atoms. The van der Waals surface area contributed by atoms with Crippen molar-refractivity contribution >= 4 is 13.6 Å². The second kappa shape index (κ2) is 10.3. The predicted molar refractivity (Wildman–Crippen MR) is 49.8 cm³/mol. The molecule has 0 bridgehead atoms. The summed E-state index contributed by atoms with van der Waals surface area (Å²) in [6.07, 6.45) is 0. The third kappa shape index (κ3) is 7.30. The van der Waals surface area contributed by atoms with E-state index in [0.717, 1.165) is 5.56 Å². The number of hydrogen-bond acceptors (Lipinski definition) is 1. The van der Waals surface area contributed by atoms with Gasteiger partial charge in [0.05, 0.1) is 6.61 Å². The zero-order valence-electron chi connectivity index (χ0n) is 7.30. The Labute approximate surface area is 94.7 Å². The molecule has 1 rings (SSSR count). The van der Waals surface area contributed by atoms with Crippen molar-refractivity contribution in [1.82, 2.24) is 0 Å². The minimum atomic E-state index is -0.418. The molecule has 0 aliphatic rings. The molecule has 0 aliphatic heterocycles. The average Bonchev–Trinajstić information content (AvgIpc) is 2.23. The van der Waals surface area contributed by atoms with Crippen LogP contribution in [0.1, 0.15) is 5.56 Å². The first-order chi connectivity index (χ1) is 6.43. The first-order valence-electron chi connectivity index (χ1n) is 3.79. The Morgan fingerprint density at radius 2 is 2.00 bits per heavy atom. The molecule has 0 saturated carbocycles. The van der Waals surface area contributed by atoms with Crippen molar-refractivity contribution in [2.75, 3.05) is 13.3 Å². The van der Waals surface area contributed by atoms with Gasteiger partial charge in [-0.3, -0.25) is 0 Å². The molecule has 0 fully saturated rings. The molecule has 0 unspecified atom stereocenters. The van der Waals surface area contributed by atoms with Gasteiger partial charge in [0.25, 0.3) is 0 Å². The summed E-state index contributed by atoms with van der Waals surface area (Å²) in [6.45, 7) is 0.246. The van der Waals surface area contributed by atoms with Gasteiger partial charge in [0.2, 0.25) is 0 Å². The minimum absolute atomic E-state index is 0.179. The fourth-order valence-corrected chi connectivity index (χ4v) is 0.762. The van der Waals surface area contributed by atoms with Crippen LogP contribution in [0.5, 0.6) is 0 Å². The third-order valence-electron chi connectivity index (χ3n) is 1.28. The summed E-state index contributed by atoms with van der Waals surface area (Å²) in [7, 11) is 0. The van der Waals surface area contributed by atoms with Crippen molar-refractivity contribution < 1.29 is 25.5 Å². The maximum atomic E-state index is 11.6. The van der Waals surface area contributed by atoms with Crippen LogP contribution in [0.3, 0.4) is 0 Å². The van der Waals surface area contributed by atoms with Crippen LogP contribution in [0, 0.1) is 6.07 Å². The number of rotatable bonds is 4. The van der Waals surface area contributed by atoms with Crippen LogP contribution in [-0.4, -0.2) is 13.3 Å². The Kier molecular flexibility index (Phi) is 10.5.